The first kappa shape index (κ1) is 35.7. The van der Waals surface area contributed by atoms with Gasteiger partial charge < -0.3 is 31.9 Å². The summed E-state index contributed by atoms with van der Waals surface area (Å²) in [6.07, 6.45) is 2.59. The number of rotatable bonds is 19. The van der Waals surface area contributed by atoms with E-state index >= 15 is 0 Å². The normalized spacial score (nSPS) is 18.9. The molecule has 1 saturated heterocycles. The number of primary amides is 1. The first-order valence-electron chi connectivity index (χ1n) is 14.3. The molecule has 234 valence electrons. The third kappa shape index (κ3) is 13.7. The molecular weight excluding hydrogens is 580 g/mol. The molecule has 7 N–H and O–H groups in total. The summed E-state index contributed by atoms with van der Waals surface area (Å²) in [5.74, 6) is -1.55. The molecule has 0 bridgehead atoms. The summed E-state index contributed by atoms with van der Waals surface area (Å²) in [4.78, 5) is 62.9. The number of phenols is 1. The highest BCUT2D eigenvalue weighted by Gasteiger charge is 2.29. The van der Waals surface area contributed by atoms with E-state index in [0.717, 1.165) is 12.0 Å². The highest BCUT2D eigenvalue weighted by molar-refractivity contribution is 8.76. The number of phenolic OH excluding ortho intramolecular Hbond substituents is 1. The smallest absolute Gasteiger partial charge is 0.245 e. The molecule has 0 aromatic heterocycles. The van der Waals surface area contributed by atoms with Crippen LogP contribution in [0.1, 0.15) is 51.0 Å². The zero-order valence-corrected chi connectivity index (χ0v) is 25.8. The van der Waals surface area contributed by atoms with Crippen LogP contribution in [0, 0.1) is 11.8 Å². The van der Waals surface area contributed by atoms with Gasteiger partial charge in [-0.25, -0.2) is 0 Å². The third-order valence-corrected chi connectivity index (χ3v) is 9.44. The number of hydrogen-bond donors (Lipinski definition) is 5. The number of carbonyl (C=O) groups is 5. The van der Waals surface area contributed by atoms with E-state index in [1.54, 1.807) is 12.1 Å². The SMILES string of the molecule is CCCOCC(=O)NCCCC[C@H](NCC(=O)[C@@H]1CSSC[C@H](N)C(=O)C1)C(=O)C[C@@H](Cc1ccc(O)cc1)C(N)=O. The molecule has 42 heavy (non-hydrogen) atoms. The Balaban J connectivity index is 2.00. The molecule has 2 rings (SSSR count). The number of unbranched alkanes of at least 4 members (excludes halogenated alkanes) is 1. The molecular formula is C29H44N4O7S2. The first-order valence-corrected chi connectivity index (χ1v) is 16.8. The van der Waals surface area contributed by atoms with Gasteiger partial charge in [0, 0.05) is 49.3 Å². The van der Waals surface area contributed by atoms with Crippen molar-refractivity contribution in [2.75, 3.05) is 37.8 Å². The van der Waals surface area contributed by atoms with Gasteiger partial charge in [-0.1, -0.05) is 40.6 Å². The van der Waals surface area contributed by atoms with Crippen LogP contribution >= 0.6 is 21.6 Å². The van der Waals surface area contributed by atoms with E-state index in [1.165, 1.54) is 33.7 Å². The fourth-order valence-corrected chi connectivity index (χ4v) is 6.89. The van der Waals surface area contributed by atoms with Crippen molar-refractivity contribution in [1.29, 1.82) is 0 Å². The zero-order chi connectivity index (χ0) is 30.9. The standard InChI is InChI=1S/C29H44N4O7S2/c1-2-11-40-16-28(38)32-10-4-3-5-24(33-15-27(37)21-14-25(35)23(30)18-42-41-17-21)26(36)13-20(29(31)39)12-19-6-8-22(34)9-7-19/h6-9,20-21,23-24,33-34H,2-5,10-18,30H2,1H3,(H2,31,39)(H,32,38)/t20-,21+,23+,24+/m1/s1. The number of carbonyl (C=O) groups excluding carboxylic acids is 5. The van der Waals surface area contributed by atoms with Crippen molar-refractivity contribution in [1.82, 2.24) is 10.6 Å². The molecule has 0 aliphatic carbocycles. The first-order chi connectivity index (χ1) is 20.1. The number of hydrogen-bond acceptors (Lipinski definition) is 11. The molecule has 0 spiro atoms. The van der Waals surface area contributed by atoms with Crippen molar-refractivity contribution in [2.24, 2.45) is 23.3 Å². The Morgan fingerprint density at radius 1 is 1.12 bits per heavy atom. The fourth-order valence-electron chi connectivity index (χ4n) is 4.39. The third-order valence-electron chi connectivity index (χ3n) is 6.92. The molecule has 4 atom stereocenters. The maximum absolute atomic E-state index is 13.4. The van der Waals surface area contributed by atoms with Crippen LogP contribution in [0.3, 0.4) is 0 Å². The molecule has 1 fully saturated rings. The highest BCUT2D eigenvalue weighted by Crippen LogP contribution is 2.29. The van der Waals surface area contributed by atoms with Gasteiger partial charge in [-0.2, -0.15) is 0 Å². The van der Waals surface area contributed by atoms with Crippen LogP contribution in [0.15, 0.2) is 24.3 Å². The zero-order valence-electron chi connectivity index (χ0n) is 24.2. The molecule has 0 saturated carbocycles. The summed E-state index contributed by atoms with van der Waals surface area (Å²) in [7, 11) is 2.99. The topological polar surface area (TPSA) is 191 Å². The Kier molecular flexibility index (Phi) is 16.8. The van der Waals surface area contributed by atoms with Crippen molar-refractivity contribution < 1.29 is 33.8 Å². The predicted octanol–water partition coefficient (Wildman–Crippen LogP) is 1.53. The van der Waals surface area contributed by atoms with Crippen LogP contribution in [0.4, 0.5) is 0 Å². The number of aromatic hydroxyl groups is 1. The van der Waals surface area contributed by atoms with E-state index in [0.29, 0.717) is 43.9 Å². The Hall–Kier alpha value is -2.45. The number of nitrogens with two attached hydrogens (primary N) is 2. The summed E-state index contributed by atoms with van der Waals surface area (Å²) >= 11 is 0. The second-order valence-corrected chi connectivity index (χ2v) is 13.0. The number of benzene rings is 1. The molecule has 1 aromatic rings. The van der Waals surface area contributed by atoms with Gasteiger partial charge in [-0.15, -0.1) is 0 Å². The van der Waals surface area contributed by atoms with Gasteiger partial charge in [-0.05, 0) is 49.8 Å². The number of nitrogens with one attached hydrogen (secondary N) is 2. The van der Waals surface area contributed by atoms with Crippen molar-refractivity contribution in [3.8, 4) is 5.75 Å². The summed E-state index contributed by atoms with van der Waals surface area (Å²) in [6.45, 7) is 2.79. The molecule has 13 heteroatoms. The van der Waals surface area contributed by atoms with Crippen LogP contribution in [0.25, 0.3) is 0 Å². The average molecular weight is 625 g/mol. The van der Waals surface area contributed by atoms with Gasteiger partial charge in [0.2, 0.25) is 11.8 Å². The Morgan fingerprint density at radius 2 is 1.83 bits per heavy atom. The molecule has 0 radical (unpaired) electrons. The Labute approximate surface area is 255 Å². The van der Waals surface area contributed by atoms with E-state index in [9.17, 15) is 29.1 Å². The minimum Gasteiger partial charge on any atom is -0.508 e. The number of amides is 2. The predicted molar refractivity (Wildman–Crippen MR) is 165 cm³/mol. The van der Waals surface area contributed by atoms with E-state index in [4.69, 9.17) is 16.2 Å². The maximum Gasteiger partial charge on any atom is 0.245 e. The van der Waals surface area contributed by atoms with Gasteiger partial charge >= 0.3 is 0 Å². The van der Waals surface area contributed by atoms with Gasteiger partial charge in [0.05, 0.1) is 18.6 Å². The lowest BCUT2D eigenvalue weighted by Gasteiger charge is -2.23. The summed E-state index contributed by atoms with van der Waals surface area (Å²) in [5, 5.41) is 15.4. The maximum atomic E-state index is 13.4. The number of Topliss-reactive ketones (excluding diaryl/α,β-unsaturated/α-hetero) is 3. The van der Waals surface area contributed by atoms with Gasteiger partial charge in [-0.3, -0.25) is 24.0 Å². The van der Waals surface area contributed by atoms with Crippen molar-refractivity contribution in [3.63, 3.8) is 0 Å². The van der Waals surface area contributed by atoms with Crippen LogP contribution in [0.2, 0.25) is 0 Å². The van der Waals surface area contributed by atoms with Crippen molar-refractivity contribution >= 4 is 50.8 Å². The summed E-state index contributed by atoms with van der Waals surface area (Å²) in [5.41, 5.74) is 12.3. The van der Waals surface area contributed by atoms with Crippen molar-refractivity contribution in [2.45, 2.75) is 64.0 Å². The van der Waals surface area contributed by atoms with E-state index in [2.05, 4.69) is 10.6 Å². The lowest BCUT2D eigenvalue weighted by molar-refractivity contribution is -0.129. The van der Waals surface area contributed by atoms with Gasteiger partial charge in [0.15, 0.2) is 17.3 Å². The minimum atomic E-state index is -0.761. The minimum absolute atomic E-state index is 0.000476. The van der Waals surface area contributed by atoms with Crippen LogP contribution < -0.4 is 22.1 Å². The van der Waals surface area contributed by atoms with Crippen LogP contribution in [0.5, 0.6) is 5.75 Å². The number of ketones is 3. The average Bonchev–Trinajstić information content (AvgIpc) is 2.95. The molecule has 2 amide bonds. The molecule has 11 nitrogen and oxygen atoms in total. The highest BCUT2D eigenvalue weighted by atomic mass is 33.1. The molecule has 1 heterocycles. The van der Waals surface area contributed by atoms with Crippen LogP contribution in [-0.2, 0) is 35.1 Å². The summed E-state index contributed by atoms with van der Waals surface area (Å²) in [6, 6.07) is 5.04. The van der Waals surface area contributed by atoms with Crippen molar-refractivity contribution in [3.05, 3.63) is 29.8 Å². The van der Waals surface area contributed by atoms with Gasteiger partial charge in [0.25, 0.3) is 0 Å². The van der Waals surface area contributed by atoms with Gasteiger partial charge in [0.1, 0.15) is 12.4 Å². The fraction of sp³-hybridized carbons (Fsp3) is 0.621. The monoisotopic (exact) mass is 624 g/mol. The lowest BCUT2D eigenvalue weighted by Crippen LogP contribution is -2.44. The van der Waals surface area contributed by atoms with E-state index in [1.807, 2.05) is 6.92 Å². The van der Waals surface area contributed by atoms with E-state index in [-0.39, 0.29) is 61.4 Å². The lowest BCUT2D eigenvalue weighted by atomic mass is 9.90. The molecule has 0 unspecified atom stereocenters. The van der Waals surface area contributed by atoms with E-state index < -0.39 is 29.8 Å². The quantitative estimate of drug-likeness (QED) is 0.111. The molecule has 1 aromatic carbocycles. The second-order valence-electron chi connectivity index (χ2n) is 10.5. The second kappa shape index (κ2) is 19.7. The molecule has 1 aliphatic heterocycles. The Morgan fingerprint density at radius 3 is 2.52 bits per heavy atom. The summed E-state index contributed by atoms with van der Waals surface area (Å²) < 4.78 is 5.23. The van der Waals surface area contributed by atoms with Crippen LogP contribution in [-0.4, -0.2) is 84.2 Å². The Bertz CT molecular complexity index is 1040. The number of ether oxygens (including phenoxy) is 1. The largest absolute Gasteiger partial charge is 0.508 e. The molecule has 1 aliphatic rings.